The number of carbonyl (C=O) groups is 2. The second-order valence-corrected chi connectivity index (χ2v) is 5.12. The van der Waals surface area contributed by atoms with Crippen molar-refractivity contribution in [3.63, 3.8) is 0 Å². The second-order valence-electron chi connectivity index (χ2n) is 5.12. The Balaban J connectivity index is 1.82. The normalized spacial score (nSPS) is 15.6. The summed E-state index contributed by atoms with van der Waals surface area (Å²) < 4.78 is 4.97. The van der Waals surface area contributed by atoms with E-state index >= 15 is 0 Å². The molecule has 1 aromatic rings. The smallest absolute Gasteiger partial charge is 0.409 e. The van der Waals surface area contributed by atoms with Crippen molar-refractivity contribution in [3.8, 4) is 0 Å². The number of aromatic nitrogens is 1. The third kappa shape index (κ3) is 4.18. The van der Waals surface area contributed by atoms with Gasteiger partial charge in [0, 0.05) is 31.0 Å². The number of carbonyl (C=O) groups excluding carboxylic acids is 2. The van der Waals surface area contributed by atoms with Gasteiger partial charge in [-0.3, -0.25) is 9.78 Å². The Kier molecular flexibility index (Phi) is 5.14. The van der Waals surface area contributed by atoms with Gasteiger partial charge in [-0.2, -0.15) is 0 Å². The van der Waals surface area contributed by atoms with Crippen LogP contribution in [0.1, 0.15) is 35.8 Å². The lowest BCUT2D eigenvalue weighted by Crippen LogP contribution is -2.46. The Morgan fingerprint density at radius 2 is 2.10 bits per heavy atom. The van der Waals surface area contributed by atoms with E-state index < -0.39 is 0 Å². The second kappa shape index (κ2) is 7.06. The van der Waals surface area contributed by atoms with Crippen molar-refractivity contribution in [1.29, 1.82) is 0 Å². The molecule has 21 heavy (non-hydrogen) atoms. The molecule has 1 fully saturated rings. The first-order valence-electron chi connectivity index (χ1n) is 7.25. The molecule has 2 amide bonds. The highest BCUT2D eigenvalue weighted by atomic mass is 16.6. The SMILES string of the molecule is CCOC(=O)N1CCC(NC(=O)c2ccc(C)nc2)CC1. The minimum absolute atomic E-state index is 0.0875. The maximum atomic E-state index is 12.1. The van der Waals surface area contributed by atoms with Crippen molar-refractivity contribution in [3.05, 3.63) is 29.6 Å². The lowest BCUT2D eigenvalue weighted by Gasteiger charge is -2.31. The Bertz CT molecular complexity index is 493. The summed E-state index contributed by atoms with van der Waals surface area (Å²) in [5.41, 5.74) is 1.45. The topological polar surface area (TPSA) is 71.5 Å². The van der Waals surface area contributed by atoms with Gasteiger partial charge in [0.05, 0.1) is 12.2 Å². The van der Waals surface area contributed by atoms with Gasteiger partial charge in [0.25, 0.3) is 5.91 Å². The monoisotopic (exact) mass is 291 g/mol. The van der Waals surface area contributed by atoms with E-state index in [2.05, 4.69) is 10.3 Å². The van der Waals surface area contributed by atoms with Gasteiger partial charge in [-0.05, 0) is 38.8 Å². The first-order chi connectivity index (χ1) is 10.1. The number of nitrogens with one attached hydrogen (secondary N) is 1. The third-order valence-corrected chi connectivity index (χ3v) is 3.53. The van der Waals surface area contributed by atoms with Gasteiger partial charge in [0.1, 0.15) is 0 Å². The van der Waals surface area contributed by atoms with Crippen LogP contribution in [0.5, 0.6) is 0 Å². The highest BCUT2D eigenvalue weighted by Crippen LogP contribution is 2.12. The van der Waals surface area contributed by atoms with Crippen LogP contribution in [0.15, 0.2) is 18.3 Å². The summed E-state index contributed by atoms with van der Waals surface area (Å²) in [5, 5.41) is 2.99. The van der Waals surface area contributed by atoms with Gasteiger partial charge in [-0.15, -0.1) is 0 Å². The predicted octanol–water partition coefficient (Wildman–Crippen LogP) is 1.74. The zero-order chi connectivity index (χ0) is 15.2. The molecule has 0 saturated carbocycles. The Morgan fingerprint density at radius 1 is 1.38 bits per heavy atom. The van der Waals surface area contributed by atoms with Crippen LogP contribution in [-0.4, -0.2) is 47.6 Å². The number of likely N-dealkylation sites (tertiary alicyclic amines) is 1. The molecule has 114 valence electrons. The molecule has 2 heterocycles. The number of nitrogens with zero attached hydrogens (tertiary/aromatic N) is 2. The van der Waals surface area contributed by atoms with Gasteiger partial charge in [0.2, 0.25) is 0 Å². The average Bonchev–Trinajstić information content (AvgIpc) is 2.49. The summed E-state index contributed by atoms with van der Waals surface area (Å²) in [6.07, 6.45) is 2.79. The molecule has 6 heteroatoms. The molecule has 0 unspecified atom stereocenters. The van der Waals surface area contributed by atoms with E-state index in [1.54, 1.807) is 24.1 Å². The standard InChI is InChI=1S/C15H21N3O3/c1-3-21-15(20)18-8-6-13(7-9-18)17-14(19)12-5-4-11(2)16-10-12/h4-5,10,13H,3,6-9H2,1-2H3,(H,17,19). The molecule has 1 aliphatic rings. The number of pyridine rings is 1. The molecule has 0 aromatic carbocycles. The molecule has 1 aliphatic heterocycles. The zero-order valence-electron chi connectivity index (χ0n) is 12.5. The predicted molar refractivity (Wildman–Crippen MR) is 78.1 cm³/mol. The van der Waals surface area contributed by atoms with Crippen LogP contribution in [0.25, 0.3) is 0 Å². The van der Waals surface area contributed by atoms with E-state index in [4.69, 9.17) is 4.74 Å². The zero-order valence-corrected chi connectivity index (χ0v) is 12.5. The quantitative estimate of drug-likeness (QED) is 0.920. The minimum atomic E-state index is -0.273. The molecule has 0 atom stereocenters. The number of hydrogen-bond acceptors (Lipinski definition) is 4. The van der Waals surface area contributed by atoms with Crippen molar-refractivity contribution < 1.29 is 14.3 Å². The van der Waals surface area contributed by atoms with Gasteiger partial charge < -0.3 is 15.0 Å². The van der Waals surface area contributed by atoms with Crippen molar-refractivity contribution in [2.75, 3.05) is 19.7 Å². The van der Waals surface area contributed by atoms with E-state index in [9.17, 15) is 9.59 Å². The molecule has 1 saturated heterocycles. The Labute approximate surface area is 124 Å². The summed E-state index contributed by atoms with van der Waals surface area (Å²) in [6.45, 7) is 5.27. The molecule has 1 N–H and O–H groups in total. The lowest BCUT2D eigenvalue weighted by molar-refractivity contribution is 0.0860. The molecule has 6 nitrogen and oxygen atoms in total. The number of amides is 2. The van der Waals surface area contributed by atoms with E-state index in [0.29, 0.717) is 25.3 Å². The van der Waals surface area contributed by atoms with Crippen molar-refractivity contribution in [1.82, 2.24) is 15.2 Å². The number of hydrogen-bond donors (Lipinski definition) is 1. The molecular weight excluding hydrogens is 270 g/mol. The van der Waals surface area contributed by atoms with Gasteiger partial charge in [0.15, 0.2) is 0 Å². The van der Waals surface area contributed by atoms with E-state index in [1.807, 2.05) is 13.0 Å². The summed E-state index contributed by atoms with van der Waals surface area (Å²) in [5.74, 6) is -0.114. The van der Waals surface area contributed by atoms with Crippen LogP contribution in [-0.2, 0) is 4.74 Å². The van der Waals surface area contributed by atoms with Crippen LogP contribution < -0.4 is 5.32 Å². The summed E-state index contributed by atoms with van der Waals surface area (Å²) >= 11 is 0. The molecule has 1 aromatic heterocycles. The van der Waals surface area contributed by atoms with Gasteiger partial charge in [-0.25, -0.2) is 4.79 Å². The highest BCUT2D eigenvalue weighted by Gasteiger charge is 2.24. The number of ether oxygens (including phenoxy) is 1. The molecule has 0 aliphatic carbocycles. The molecular formula is C15H21N3O3. The van der Waals surface area contributed by atoms with Crippen LogP contribution in [0, 0.1) is 6.92 Å². The number of rotatable bonds is 3. The minimum Gasteiger partial charge on any atom is -0.450 e. The fourth-order valence-corrected chi connectivity index (χ4v) is 2.29. The fourth-order valence-electron chi connectivity index (χ4n) is 2.29. The Morgan fingerprint density at radius 3 is 2.67 bits per heavy atom. The Hall–Kier alpha value is -2.11. The van der Waals surface area contributed by atoms with Crippen LogP contribution in [0.3, 0.4) is 0 Å². The van der Waals surface area contributed by atoms with E-state index in [0.717, 1.165) is 18.5 Å². The van der Waals surface area contributed by atoms with Crippen LogP contribution in [0.2, 0.25) is 0 Å². The molecule has 2 rings (SSSR count). The molecule has 0 radical (unpaired) electrons. The van der Waals surface area contributed by atoms with Crippen molar-refractivity contribution >= 4 is 12.0 Å². The summed E-state index contributed by atoms with van der Waals surface area (Å²) in [6, 6.07) is 3.67. The lowest BCUT2D eigenvalue weighted by atomic mass is 10.0. The number of piperidine rings is 1. The number of aryl methyl sites for hydroxylation is 1. The molecule has 0 spiro atoms. The largest absolute Gasteiger partial charge is 0.450 e. The van der Waals surface area contributed by atoms with Crippen LogP contribution >= 0.6 is 0 Å². The highest BCUT2D eigenvalue weighted by molar-refractivity contribution is 5.94. The fraction of sp³-hybridized carbons (Fsp3) is 0.533. The third-order valence-electron chi connectivity index (χ3n) is 3.53. The molecule has 0 bridgehead atoms. The first kappa shape index (κ1) is 15.3. The van der Waals surface area contributed by atoms with E-state index in [1.165, 1.54) is 0 Å². The van der Waals surface area contributed by atoms with Crippen molar-refractivity contribution in [2.24, 2.45) is 0 Å². The first-order valence-corrected chi connectivity index (χ1v) is 7.25. The summed E-state index contributed by atoms with van der Waals surface area (Å²) in [7, 11) is 0. The maximum absolute atomic E-state index is 12.1. The average molecular weight is 291 g/mol. The van der Waals surface area contributed by atoms with Gasteiger partial charge in [-0.1, -0.05) is 0 Å². The van der Waals surface area contributed by atoms with Gasteiger partial charge >= 0.3 is 6.09 Å². The van der Waals surface area contributed by atoms with Crippen LogP contribution in [0.4, 0.5) is 4.79 Å². The van der Waals surface area contributed by atoms with E-state index in [-0.39, 0.29) is 18.0 Å². The summed E-state index contributed by atoms with van der Waals surface area (Å²) in [4.78, 5) is 29.5. The maximum Gasteiger partial charge on any atom is 0.409 e. The van der Waals surface area contributed by atoms with Crippen molar-refractivity contribution in [2.45, 2.75) is 32.7 Å².